The molecule has 2 rings (SSSR count). The van der Waals surface area contributed by atoms with Crippen LogP contribution in [0.1, 0.15) is 15.9 Å². The quantitative estimate of drug-likeness (QED) is 0.886. The van der Waals surface area contributed by atoms with Gasteiger partial charge in [-0.15, -0.1) is 0 Å². The van der Waals surface area contributed by atoms with Crippen molar-refractivity contribution in [2.45, 2.75) is 12.7 Å². The first-order valence-electron chi connectivity index (χ1n) is 6.65. The molecule has 1 heterocycles. The SMILES string of the molecule is NC(=O)c1ccccc1NC(=O)Cn1cccc(C(F)(F)F)c1=O. The van der Waals surface area contributed by atoms with Crippen molar-refractivity contribution < 1.29 is 22.8 Å². The van der Waals surface area contributed by atoms with Gasteiger partial charge in [-0.2, -0.15) is 13.2 Å². The maximum atomic E-state index is 12.7. The van der Waals surface area contributed by atoms with Gasteiger partial charge < -0.3 is 15.6 Å². The lowest BCUT2D eigenvalue weighted by Gasteiger charge is -2.12. The number of pyridine rings is 1. The van der Waals surface area contributed by atoms with E-state index in [1.54, 1.807) is 6.07 Å². The van der Waals surface area contributed by atoms with Gasteiger partial charge >= 0.3 is 6.18 Å². The number of alkyl halides is 3. The molecule has 0 fully saturated rings. The molecule has 0 aliphatic rings. The molecule has 0 aliphatic carbocycles. The number of aromatic nitrogens is 1. The highest BCUT2D eigenvalue weighted by molar-refractivity contribution is 6.02. The van der Waals surface area contributed by atoms with E-state index in [9.17, 15) is 27.6 Å². The molecule has 0 radical (unpaired) electrons. The van der Waals surface area contributed by atoms with Crippen molar-refractivity contribution in [3.05, 3.63) is 64.1 Å². The van der Waals surface area contributed by atoms with Crippen LogP contribution < -0.4 is 16.6 Å². The zero-order chi connectivity index (χ0) is 17.9. The topological polar surface area (TPSA) is 94.2 Å². The Balaban J connectivity index is 2.23. The first kappa shape index (κ1) is 17.3. The molecule has 0 aliphatic heterocycles. The van der Waals surface area contributed by atoms with Crippen LogP contribution in [-0.2, 0) is 17.5 Å². The number of carbonyl (C=O) groups excluding carboxylic acids is 2. The summed E-state index contributed by atoms with van der Waals surface area (Å²) in [5, 5.41) is 2.35. The highest BCUT2D eigenvalue weighted by Crippen LogP contribution is 2.26. The number of nitrogens with zero attached hydrogens (tertiary/aromatic N) is 1. The zero-order valence-corrected chi connectivity index (χ0v) is 12.1. The van der Waals surface area contributed by atoms with E-state index in [2.05, 4.69) is 5.32 Å². The molecule has 0 bridgehead atoms. The third kappa shape index (κ3) is 3.80. The molecule has 1 aromatic carbocycles. The lowest BCUT2D eigenvalue weighted by Crippen LogP contribution is -2.32. The molecule has 2 amide bonds. The molecule has 126 valence electrons. The normalized spacial score (nSPS) is 11.1. The molecule has 0 saturated carbocycles. The van der Waals surface area contributed by atoms with Gasteiger partial charge in [0.05, 0.1) is 11.3 Å². The summed E-state index contributed by atoms with van der Waals surface area (Å²) >= 11 is 0. The second kappa shape index (κ2) is 6.57. The Morgan fingerprint density at radius 3 is 2.42 bits per heavy atom. The van der Waals surface area contributed by atoms with Crippen molar-refractivity contribution in [1.29, 1.82) is 0 Å². The summed E-state index contributed by atoms with van der Waals surface area (Å²) in [7, 11) is 0. The van der Waals surface area contributed by atoms with E-state index in [1.807, 2.05) is 0 Å². The zero-order valence-electron chi connectivity index (χ0n) is 12.1. The summed E-state index contributed by atoms with van der Waals surface area (Å²) in [6, 6.07) is 7.53. The predicted molar refractivity (Wildman–Crippen MR) is 79.3 cm³/mol. The highest BCUT2D eigenvalue weighted by Gasteiger charge is 2.34. The third-order valence-electron chi connectivity index (χ3n) is 3.11. The number of anilines is 1. The number of primary amides is 1. The number of hydrogen-bond acceptors (Lipinski definition) is 3. The maximum absolute atomic E-state index is 12.7. The molecular formula is C15H12F3N3O3. The van der Waals surface area contributed by atoms with E-state index in [4.69, 9.17) is 5.73 Å². The summed E-state index contributed by atoms with van der Waals surface area (Å²) < 4.78 is 38.7. The van der Waals surface area contributed by atoms with E-state index < -0.39 is 35.7 Å². The minimum Gasteiger partial charge on any atom is -0.366 e. The number of hydrogen-bond donors (Lipinski definition) is 2. The van der Waals surface area contributed by atoms with Crippen LogP contribution in [-0.4, -0.2) is 16.4 Å². The number of amides is 2. The number of carbonyl (C=O) groups is 2. The van der Waals surface area contributed by atoms with Crippen molar-refractivity contribution in [2.24, 2.45) is 5.73 Å². The first-order chi connectivity index (χ1) is 11.2. The van der Waals surface area contributed by atoms with Crippen LogP contribution in [0.2, 0.25) is 0 Å². The van der Waals surface area contributed by atoms with Gasteiger partial charge in [0, 0.05) is 6.20 Å². The van der Waals surface area contributed by atoms with Crippen LogP contribution in [0.25, 0.3) is 0 Å². The van der Waals surface area contributed by atoms with Crippen LogP contribution in [0.5, 0.6) is 0 Å². The van der Waals surface area contributed by atoms with Crippen molar-refractivity contribution in [1.82, 2.24) is 4.57 Å². The van der Waals surface area contributed by atoms with Gasteiger partial charge in [0.15, 0.2) is 0 Å². The van der Waals surface area contributed by atoms with Gasteiger partial charge in [0.2, 0.25) is 5.91 Å². The molecule has 0 saturated heterocycles. The van der Waals surface area contributed by atoms with E-state index >= 15 is 0 Å². The average Bonchev–Trinajstić information content (AvgIpc) is 2.48. The largest absolute Gasteiger partial charge is 0.421 e. The minimum atomic E-state index is -4.81. The Morgan fingerprint density at radius 2 is 1.79 bits per heavy atom. The number of halogens is 3. The van der Waals surface area contributed by atoms with Gasteiger partial charge in [-0.05, 0) is 24.3 Å². The Bertz CT molecular complexity index is 844. The van der Waals surface area contributed by atoms with Crippen molar-refractivity contribution in [2.75, 3.05) is 5.32 Å². The summed E-state index contributed by atoms with van der Waals surface area (Å²) in [5.74, 6) is -1.55. The summed E-state index contributed by atoms with van der Waals surface area (Å²) in [4.78, 5) is 35.0. The van der Waals surface area contributed by atoms with Gasteiger partial charge in [-0.3, -0.25) is 14.4 Å². The molecule has 9 heteroatoms. The predicted octanol–water partition coefficient (Wildman–Crippen LogP) is 1.60. The van der Waals surface area contributed by atoms with Crippen molar-refractivity contribution >= 4 is 17.5 Å². The van der Waals surface area contributed by atoms with Crippen LogP contribution in [0.15, 0.2) is 47.4 Å². The van der Waals surface area contributed by atoms with E-state index in [-0.39, 0.29) is 11.3 Å². The number of nitrogens with two attached hydrogens (primary N) is 1. The molecule has 3 N–H and O–H groups in total. The smallest absolute Gasteiger partial charge is 0.366 e. The fourth-order valence-electron chi connectivity index (χ4n) is 2.03. The lowest BCUT2D eigenvalue weighted by atomic mass is 10.1. The molecule has 0 spiro atoms. The average molecular weight is 339 g/mol. The van der Waals surface area contributed by atoms with Crippen molar-refractivity contribution in [3.63, 3.8) is 0 Å². The van der Waals surface area contributed by atoms with Crippen LogP contribution >= 0.6 is 0 Å². The second-order valence-corrected chi connectivity index (χ2v) is 4.81. The molecule has 24 heavy (non-hydrogen) atoms. The summed E-state index contributed by atoms with van der Waals surface area (Å²) in [6.07, 6.45) is -3.74. The number of para-hydroxylation sites is 1. The molecule has 6 nitrogen and oxygen atoms in total. The highest BCUT2D eigenvalue weighted by atomic mass is 19.4. The Kier molecular flexibility index (Phi) is 4.72. The van der Waals surface area contributed by atoms with E-state index in [0.717, 1.165) is 12.3 Å². The van der Waals surface area contributed by atoms with Gasteiger partial charge in [0.1, 0.15) is 12.1 Å². The Labute approximate surface area is 133 Å². The molecule has 0 atom stereocenters. The van der Waals surface area contributed by atoms with Crippen LogP contribution in [0, 0.1) is 0 Å². The fourth-order valence-corrected chi connectivity index (χ4v) is 2.03. The summed E-state index contributed by atoms with van der Waals surface area (Å²) in [5.41, 5.74) is 2.62. The molecular weight excluding hydrogens is 327 g/mol. The molecule has 1 aromatic heterocycles. The minimum absolute atomic E-state index is 0.0437. The number of rotatable bonds is 4. The maximum Gasteiger partial charge on any atom is 0.421 e. The Hall–Kier alpha value is -3.10. The molecule has 2 aromatic rings. The summed E-state index contributed by atoms with van der Waals surface area (Å²) in [6.45, 7) is -0.643. The van der Waals surface area contributed by atoms with E-state index in [0.29, 0.717) is 10.6 Å². The number of nitrogens with one attached hydrogen (secondary N) is 1. The lowest BCUT2D eigenvalue weighted by molar-refractivity contribution is -0.139. The first-order valence-corrected chi connectivity index (χ1v) is 6.65. The Morgan fingerprint density at radius 1 is 1.12 bits per heavy atom. The van der Waals surface area contributed by atoms with Gasteiger partial charge in [-0.1, -0.05) is 12.1 Å². The second-order valence-electron chi connectivity index (χ2n) is 4.81. The standard InChI is InChI=1S/C15H12F3N3O3/c16-15(17,18)10-5-3-7-21(14(10)24)8-12(22)20-11-6-2-1-4-9(11)13(19)23/h1-7H,8H2,(H2,19,23)(H,20,22). The molecule has 0 unspecified atom stereocenters. The fraction of sp³-hybridized carbons (Fsp3) is 0.133. The van der Waals surface area contributed by atoms with Gasteiger partial charge in [-0.25, -0.2) is 0 Å². The van der Waals surface area contributed by atoms with Crippen LogP contribution in [0.3, 0.4) is 0 Å². The van der Waals surface area contributed by atoms with Crippen LogP contribution in [0.4, 0.5) is 18.9 Å². The van der Waals surface area contributed by atoms with E-state index in [1.165, 1.54) is 18.2 Å². The van der Waals surface area contributed by atoms with Gasteiger partial charge in [0.25, 0.3) is 11.5 Å². The number of benzene rings is 1. The van der Waals surface area contributed by atoms with Crippen molar-refractivity contribution in [3.8, 4) is 0 Å². The third-order valence-corrected chi connectivity index (χ3v) is 3.11. The monoisotopic (exact) mass is 339 g/mol.